The molecule has 4 nitrogen and oxygen atoms in total. The lowest BCUT2D eigenvalue weighted by Crippen LogP contribution is -2.25. The molecule has 0 aliphatic carbocycles. The van der Waals surface area contributed by atoms with E-state index in [0.717, 1.165) is 35.3 Å². The molecule has 1 heterocycles. The lowest BCUT2D eigenvalue weighted by atomic mass is 10.2. The summed E-state index contributed by atoms with van der Waals surface area (Å²) in [5.74, 6) is 0.813. The largest absolute Gasteiger partial charge is 0.352 e. The van der Waals surface area contributed by atoms with E-state index in [1.807, 2.05) is 30.3 Å². The number of aryl methyl sites for hydroxylation is 1. The number of nitrogens with zero attached hydrogens (tertiary/aromatic N) is 2. The van der Waals surface area contributed by atoms with Crippen molar-refractivity contribution >= 4 is 51.7 Å². The molecule has 7 heteroatoms. The van der Waals surface area contributed by atoms with E-state index in [4.69, 9.17) is 39.8 Å². The second kappa shape index (κ2) is 9.73. The lowest BCUT2D eigenvalue weighted by Gasteiger charge is -2.11. The maximum Gasteiger partial charge on any atom is 0.251 e. The molecule has 4 rings (SSSR count). The first-order valence-corrected chi connectivity index (χ1v) is 11.1. The highest BCUT2D eigenvalue weighted by atomic mass is 35.5. The molecule has 1 aromatic heterocycles. The topological polar surface area (TPSA) is 46.9 Å². The maximum atomic E-state index is 12.3. The normalized spacial score (nSPS) is 11.1. The van der Waals surface area contributed by atoms with Crippen LogP contribution in [0.4, 0.5) is 0 Å². The second-order valence-corrected chi connectivity index (χ2v) is 8.49. The van der Waals surface area contributed by atoms with Crippen molar-refractivity contribution in [3.63, 3.8) is 0 Å². The Morgan fingerprint density at radius 3 is 2.55 bits per heavy atom. The maximum absolute atomic E-state index is 12.3. The number of hydrogen-bond donors (Lipinski definition) is 1. The molecule has 3 aromatic carbocycles. The molecule has 1 N–H and O–H groups in total. The first-order valence-electron chi connectivity index (χ1n) is 9.93. The molecule has 1 amide bonds. The van der Waals surface area contributed by atoms with Crippen molar-refractivity contribution in [1.29, 1.82) is 0 Å². The number of fused-ring (bicyclic) bond motifs is 1. The van der Waals surface area contributed by atoms with Crippen LogP contribution in [0.5, 0.6) is 0 Å². The molecule has 4 aromatic rings. The van der Waals surface area contributed by atoms with Crippen molar-refractivity contribution in [3.05, 3.63) is 98.7 Å². The zero-order chi connectivity index (χ0) is 21.8. The van der Waals surface area contributed by atoms with E-state index < -0.39 is 0 Å². The highest BCUT2D eigenvalue weighted by Crippen LogP contribution is 2.25. The molecule has 158 valence electrons. The van der Waals surface area contributed by atoms with Gasteiger partial charge in [-0.25, -0.2) is 4.98 Å². The lowest BCUT2D eigenvalue weighted by molar-refractivity contribution is 0.0953. The minimum absolute atomic E-state index is 0.135. The summed E-state index contributed by atoms with van der Waals surface area (Å²) >= 11 is 18.4. The highest BCUT2D eigenvalue weighted by molar-refractivity contribution is 6.35. The van der Waals surface area contributed by atoms with Crippen LogP contribution >= 0.6 is 34.8 Å². The van der Waals surface area contributed by atoms with E-state index >= 15 is 0 Å². The number of nitrogens with one attached hydrogen (secondary N) is 1. The Morgan fingerprint density at radius 1 is 0.935 bits per heavy atom. The predicted octanol–water partition coefficient (Wildman–Crippen LogP) is 6.41. The van der Waals surface area contributed by atoms with E-state index in [-0.39, 0.29) is 5.91 Å². The third-order valence-corrected chi connectivity index (χ3v) is 5.85. The molecule has 0 unspecified atom stereocenters. The number of para-hydroxylation sites is 2. The number of hydrogen-bond acceptors (Lipinski definition) is 2. The van der Waals surface area contributed by atoms with Crippen LogP contribution in [0.15, 0.2) is 66.7 Å². The van der Waals surface area contributed by atoms with Gasteiger partial charge in [0.2, 0.25) is 0 Å². The molecule has 0 radical (unpaired) electrons. The summed E-state index contributed by atoms with van der Waals surface area (Å²) in [5, 5.41) is 4.73. The summed E-state index contributed by atoms with van der Waals surface area (Å²) in [6.45, 7) is 1.14. The molecule has 0 spiro atoms. The number of amides is 1. The molecule has 0 saturated heterocycles. The fourth-order valence-corrected chi connectivity index (χ4v) is 4.15. The average molecular weight is 473 g/mol. The molecular formula is C24H20Cl3N3O. The van der Waals surface area contributed by atoms with Gasteiger partial charge in [-0.3, -0.25) is 4.79 Å². The van der Waals surface area contributed by atoms with Crippen molar-refractivity contribution in [1.82, 2.24) is 14.9 Å². The Hall–Kier alpha value is -2.53. The fraction of sp³-hybridized carbons (Fsp3) is 0.167. The van der Waals surface area contributed by atoms with Crippen molar-refractivity contribution in [2.75, 3.05) is 6.54 Å². The molecule has 0 atom stereocenters. The van der Waals surface area contributed by atoms with Crippen LogP contribution in [0.25, 0.3) is 11.0 Å². The van der Waals surface area contributed by atoms with Gasteiger partial charge in [0, 0.05) is 33.6 Å². The van der Waals surface area contributed by atoms with E-state index in [9.17, 15) is 4.79 Å². The third-order valence-electron chi connectivity index (χ3n) is 5.03. The van der Waals surface area contributed by atoms with Crippen LogP contribution in [0.1, 0.15) is 28.2 Å². The van der Waals surface area contributed by atoms with Gasteiger partial charge in [-0.2, -0.15) is 0 Å². The van der Waals surface area contributed by atoms with Crippen molar-refractivity contribution in [3.8, 4) is 0 Å². The highest BCUT2D eigenvalue weighted by Gasteiger charge is 2.13. The van der Waals surface area contributed by atoms with Crippen LogP contribution < -0.4 is 5.32 Å². The first kappa shape index (κ1) is 21.7. The standard InChI is InChI=1S/C24H20Cl3N3O/c25-18-6-3-5-16(13-18)24(31)28-12-4-9-23-29-21-7-1-2-8-22(21)30(23)15-17-10-11-19(26)14-20(17)27/h1-3,5-8,10-11,13-14H,4,9,12,15H2,(H,28,31). The van der Waals surface area contributed by atoms with Crippen molar-refractivity contribution < 1.29 is 4.79 Å². The van der Waals surface area contributed by atoms with Crippen molar-refractivity contribution in [2.24, 2.45) is 0 Å². The Bertz CT molecular complexity index is 1240. The zero-order valence-electron chi connectivity index (χ0n) is 16.6. The molecule has 0 saturated carbocycles. The number of carbonyl (C=O) groups excluding carboxylic acids is 1. The summed E-state index contributed by atoms with van der Waals surface area (Å²) in [6.07, 6.45) is 1.47. The molecular weight excluding hydrogens is 453 g/mol. The summed E-state index contributed by atoms with van der Waals surface area (Å²) in [6, 6.07) is 20.5. The summed E-state index contributed by atoms with van der Waals surface area (Å²) in [5.41, 5.74) is 3.51. The Morgan fingerprint density at radius 2 is 1.74 bits per heavy atom. The summed E-state index contributed by atoms with van der Waals surface area (Å²) in [7, 11) is 0. The summed E-state index contributed by atoms with van der Waals surface area (Å²) < 4.78 is 2.17. The van der Waals surface area contributed by atoms with Gasteiger partial charge in [-0.05, 0) is 54.4 Å². The molecule has 31 heavy (non-hydrogen) atoms. The number of halogens is 3. The number of rotatable bonds is 7. The Kier molecular flexibility index (Phi) is 6.81. The SMILES string of the molecule is O=C(NCCCc1nc2ccccc2n1Cc1ccc(Cl)cc1Cl)c1cccc(Cl)c1. The van der Waals surface area contributed by atoms with Gasteiger partial charge >= 0.3 is 0 Å². The molecule has 0 aliphatic rings. The van der Waals surface area contributed by atoms with Crippen LogP contribution in [0.3, 0.4) is 0 Å². The quantitative estimate of drug-likeness (QED) is 0.316. The van der Waals surface area contributed by atoms with E-state index in [2.05, 4.69) is 16.0 Å². The van der Waals surface area contributed by atoms with E-state index in [1.54, 1.807) is 30.3 Å². The first-order chi connectivity index (χ1) is 15.0. The van der Waals surface area contributed by atoms with Crippen LogP contribution in [-0.4, -0.2) is 22.0 Å². The third kappa shape index (κ3) is 5.21. The van der Waals surface area contributed by atoms with Gasteiger partial charge in [0.25, 0.3) is 5.91 Å². The van der Waals surface area contributed by atoms with Gasteiger partial charge in [-0.1, -0.05) is 59.1 Å². The van der Waals surface area contributed by atoms with E-state index in [0.29, 0.717) is 33.7 Å². The van der Waals surface area contributed by atoms with Crippen molar-refractivity contribution in [2.45, 2.75) is 19.4 Å². The van der Waals surface area contributed by atoms with Gasteiger partial charge in [-0.15, -0.1) is 0 Å². The Labute approximate surface area is 195 Å². The van der Waals surface area contributed by atoms with Crippen LogP contribution in [0.2, 0.25) is 15.1 Å². The fourth-order valence-electron chi connectivity index (χ4n) is 3.49. The van der Waals surface area contributed by atoms with Crippen LogP contribution in [-0.2, 0) is 13.0 Å². The number of aromatic nitrogens is 2. The second-order valence-electron chi connectivity index (χ2n) is 7.21. The molecule has 0 bridgehead atoms. The van der Waals surface area contributed by atoms with Gasteiger partial charge in [0.05, 0.1) is 17.6 Å². The zero-order valence-corrected chi connectivity index (χ0v) is 18.9. The smallest absolute Gasteiger partial charge is 0.251 e. The Balaban J connectivity index is 1.47. The molecule has 0 aliphatic heterocycles. The number of carbonyl (C=O) groups is 1. The number of benzene rings is 3. The monoisotopic (exact) mass is 471 g/mol. The average Bonchev–Trinajstić information content (AvgIpc) is 3.10. The minimum Gasteiger partial charge on any atom is -0.352 e. The predicted molar refractivity (Wildman–Crippen MR) is 127 cm³/mol. The van der Waals surface area contributed by atoms with E-state index in [1.165, 1.54) is 0 Å². The van der Waals surface area contributed by atoms with Crippen LogP contribution in [0, 0.1) is 0 Å². The minimum atomic E-state index is -0.135. The van der Waals surface area contributed by atoms with Gasteiger partial charge in [0.1, 0.15) is 5.82 Å². The summed E-state index contributed by atoms with van der Waals surface area (Å²) in [4.78, 5) is 17.1. The van der Waals surface area contributed by atoms with Gasteiger partial charge in [0.15, 0.2) is 0 Å². The molecule has 0 fully saturated rings. The number of imidazole rings is 1. The van der Waals surface area contributed by atoms with Gasteiger partial charge < -0.3 is 9.88 Å².